The molecule has 5 fully saturated rings. The molecule has 56 heavy (non-hydrogen) atoms. The first-order valence-electron chi connectivity index (χ1n) is 17.3. The average Bonchev–Trinajstić information content (AvgIpc) is 4.04. The van der Waals surface area contributed by atoms with Crippen LogP contribution in [0.1, 0.15) is 90.2 Å². The second kappa shape index (κ2) is 24.0. The minimum absolute atomic E-state index is 0. The third-order valence-corrected chi connectivity index (χ3v) is 8.98. The lowest BCUT2D eigenvalue weighted by molar-refractivity contribution is -0.227. The molecule has 8 rings (SSSR count). The number of nitriles is 2. The number of aryl methyl sites for hydroxylation is 1. The van der Waals surface area contributed by atoms with Gasteiger partial charge in [0.2, 0.25) is 0 Å². The molecule has 2 bridgehead atoms. The van der Waals surface area contributed by atoms with Crippen molar-refractivity contribution in [1.82, 2.24) is 0 Å². The highest BCUT2D eigenvalue weighted by molar-refractivity contribution is 5.81. The predicted octanol–water partition coefficient (Wildman–Crippen LogP) is 4.06. The van der Waals surface area contributed by atoms with Gasteiger partial charge in [-0.05, 0) is 43.2 Å². The molecule has 2 aromatic rings. The summed E-state index contributed by atoms with van der Waals surface area (Å²) in [6.07, 6.45) is 5.06. The maximum Gasteiger partial charge on any atom is 0.191 e. The van der Waals surface area contributed by atoms with Crippen molar-refractivity contribution in [3.05, 3.63) is 81.9 Å². The number of hydrogen-bond donors (Lipinski definition) is 1. The van der Waals surface area contributed by atoms with Crippen molar-refractivity contribution in [3.63, 3.8) is 0 Å². The second-order valence-electron chi connectivity index (χ2n) is 12.5. The summed E-state index contributed by atoms with van der Waals surface area (Å²) in [5, 5.41) is 26.5. The molecule has 3 N–H and O–H groups in total. The Morgan fingerprint density at radius 2 is 1.34 bits per heavy atom. The Kier molecular flexibility index (Phi) is 21.5. The van der Waals surface area contributed by atoms with E-state index in [9.17, 15) is 20.1 Å². The molecule has 16 heteroatoms. The van der Waals surface area contributed by atoms with Gasteiger partial charge in [-0.1, -0.05) is 46.0 Å². The van der Waals surface area contributed by atoms with Crippen LogP contribution in [0.2, 0.25) is 0 Å². The molecule has 3 unspecified atom stereocenters. The summed E-state index contributed by atoms with van der Waals surface area (Å²) in [5.41, 5.74) is 2.74. The highest BCUT2D eigenvalue weighted by Gasteiger charge is 2.67. The second-order valence-corrected chi connectivity index (χ2v) is 12.5. The van der Waals surface area contributed by atoms with E-state index < -0.39 is 30.1 Å². The van der Waals surface area contributed by atoms with Gasteiger partial charge in [0.25, 0.3) is 0 Å². The third-order valence-electron chi connectivity index (χ3n) is 8.98. The molecule has 0 amide bonds. The molecule has 0 aromatic heterocycles. The Morgan fingerprint density at radius 3 is 1.84 bits per heavy atom. The van der Waals surface area contributed by atoms with Crippen molar-refractivity contribution < 1.29 is 62.8 Å². The van der Waals surface area contributed by atoms with E-state index in [1.165, 1.54) is 0 Å². The topological polar surface area (TPSA) is 217 Å². The molecule has 3 radical (unpaired) electrons. The molecule has 0 aliphatic carbocycles. The van der Waals surface area contributed by atoms with Crippen LogP contribution >= 0.6 is 0 Å². The predicted molar refractivity (Wildman–Crippen MR) is 203 cm³/mol. The lowest BCUT2D eigenvalue weighted by Gasteiger charge is -2.31. The van der Waals surface area contributed by atoms with E-state index in [4.69, 9.17) is 47.7 Å². The number of rotatable bonds is 7. The summed E-state index contributed by atoms with van der Waals surface area (Å²) < 4.78 is 50.1. The van der Waals surface area contributed by atoms with Crippen LogP contribution in [0.3, 0.4) is 0 Å². The number of aliphatic hydroxyl groups excluding tert-OH is 1. The number of fused-ring (bicyclic) bond motifs is 2. The lowest BCUT2D eigenvalue weighted by atomic mass is 9.79. The van der Waals surface area contributed by atoms with E-state index >= 15 is 0 Å². The summed E-state index contributed by atoms with van der Waals surface area (Å²) in [5.74, 6) is -0.312. The van der Waals surface area contributed by atoms with E-state index in [0.717, 1.165) is 35.7 Å². The number of ether oxygens (including phenoxy) is 9. The van der Waals surface area contributed by atoms with E-state index in [0.29, 0.717) is 82.6 Å². The fraction of sp³-hybridized carbons (Fsp3) is 0.550. The van der Waals surface area contributed by atoms with Crippen molar-refractivity contribution in [2.24, 2.45) is 5.92 Å². The van der Waals surface area contributed by atoms with Crippen molar-refractivity contribution in [2.45, 2.75) is 77.9 Å². The largest absolute Gasteiger partial charge is 0.412 e. The van der Waals surface area contributed by atoms with Gasteiger partial charge in [-0.2, -0.15) is 10.5 Å². The molecule has 0 spiro atoms. The van der Waals surface area contributed by atoms with Gasteiger partial charge in [0.15, 0.2) is 30.8 Å². The summed E-state index contributed by atoms with van der Waals surface area (Å²) in [7, 11) is 0. The Bertz CT molecular complexity index is 1620. The molecule has 6 aliphatic rings. The van der Waals surface area contributed by atoms with Crippen LogP contribution in [-0.2, 0) is 42.6 Å². The first-order chi connectivity index (χ1) is 25.4. The summed E-state index contributed by atoms with van der Waals surface area (Å²) in [4.78, 5) is 20.6. The Balaban J connectivity index is 0.000000398. The number of benzene rings is 2. The van der Waals surface area contributed by atoms with Crippen LogP contribution in [0.25, 0.3) is 0 Å². The zero-order chi connectivity index (χ0) is 37.0. The van der Waals surface area contributed by atoms with Crippen molar-refractivity contribution in [1.29, 1.82) is 10.5 Å². The maximum atomic E-state index is 10.3. The first-order valence-corrected chi connectivity index (χ1v) is 17.3. The quantitative estimate of drug-likeness (QED) is 0.238. The molecule has 5 saturated heterocycles. The van der Waals surface area contributed by atoms with Gasteiger partial charge < -0.3 is 53.2 Å². The lowest BCUT2D eigenvalue weighted by Crippen LogP contribution is -2.45. The number of aliphatic hydroxyl groups is 1. The highest BCUT2D eigenvalue weighted by Crippen LogP contribution is 2.55. The smallest absolute Gasteiger partial charge is 0.191 e. The number of carbonyl (C=O) groups is 2. The van der Waals surface area contributed by atoms with Crippen LogP contribution in [0.4, 0.5) is 0 Å². The van der Waals surface area contributed by atoms with E-state index in [2.05, 4.69) is 12.1 Å². The Hall–Kier alpha value is -3.88. The normalized spacial score (nSPS) is 24.8. The maximum absolute atomic E-state index is 10.3. The first kappa shape index (κ1) is 50.1. The fourth-order valence-corrected chi connectivity index (χ4v) is 6.38. The summed E-state index contributed by atoms with van der Waals surface area (Å²) in [6.45, 7) is 8.53. The van der Waals surface area contributed by atoms with E-state index in [-0.39, 0.29) is 41.0 Å². The molecule has 6 aliphatic heterocycles. The Morgan fingerprint density at radius 1 is 0.786 bits per heavy atom. The van der Waals surface area contributed by atoms with Crippen molar-refractivity contribution in [3.8, 4) is 12.1 Å². The SMILES string of the molecule is C.C.CCCO.Cc1cc(C=O)ccc1C=O.N#CC1CC2(C3OCCO3)C=CC1(C1OCCO1)O2.N#Cc1cc(C2OCCO2)ccc1C1OCCO1.O.[B]. The molecule has 305 valence electrons. The third kappa shape index (κ3) is 11.4. The average molecular weight is 782 g/mol. The standard InChI is InChI=1S/C13H15NO5.C13H13NO4.C9H8O2.C3H8O.2CH4.B.H2O/c14-8-9-7-12(10-15-3-4-16-10)1-2-13(9,19-12)11-17-5-6-18-11;14-8-10-7-9(12-15-3-4-16-12)1-2-11(10)13-17-5-6-18-13;1-7-4-8(5-10)2-3-9(7)6-11;1-2-3-4;;;;/h1-2,9-11H,3-7H2;1-2,7,12-13H,3-6H2;2-6H,1H3;4H,2-3H2,1H3;2*1H4;;1H2. The Labute approximate surface area is 331 Å². The van der Waals surface area contributed by atoms with Crippen LogP contribution in [0.5, 0.6) is 0 Å². The van der Waals surface area contributed by atoms with E-state index in [1.807, 2.05) is 31.2 Å². The number of hydrogen-bond acceptors (Lipinski definition) is 14. The van der Waals surface area contributed by atoms with E-state index in [1.54, 1.807) is 31.2 Å². The van der Waals surface area contributed by atoms with Gasteiger partial charge in [0.1, 0.15) is 18.2 Å². The molecular formula is C40H54BN2O13. The van der Waals surface area contributed by atoms with Gasteiger partial charge in [0, 0.05) is 43.7 Å². The molecule has 15 nitrogen and oxygen atoms in total. The molecule has 0 saturated carbocycles. The van der Waals surface area contributed by atoms with Crippen molar-refractivity contribution >= 4 is 21.0 Å². The van der Waals surface area contributed by atoms with Crippen LogP contribution in [0.15, 0.2) is 48.6 Å². The monoisotopic (exact) mass is 781 g/mol. The van der Waals surface area contributed by atoms with Gasteiger partial charge in [0.05, 0.1) is 76.5 Å². The number of aldehydes is 2. The van der Waals surface area contributed by atoms with Gasteiger partial charge in [-0.3, -0.25) is 9.59 Å². The van der Waals surface area contributed by atoms with Gasteiger partial charge >= 0.3 is 0 Å². The number of nitrogens with zero attached hydrogens (tertiary/aromatic N) is 2. The molecular weight excluding hydrogens is 727 g/mol. The number of carbonyl (C=O) groups excluding carboxylic acids is 2. The van der Waals surface area contributed by atoms with Gasteiger partial charge in [-0.15, -0.1) is 0 Å². The zero-order valence-electron chi connectivity index (χ0n) is 30.3. The minimum Gasteiger partial charge on any atom is -0.412 e. The molecule has 6 heterocycles. The minimum atomic E-state index is -0.819. The van der Waals surface area contributed by atoms with Gasteiger partial charge in [-0.25, -0.2) is 0 Å². The molecule has 2 aromatic carbocycles. The van der Waals surface area contributed by atoms with Crippen molar-refractivity contribution in [2.75, 3.05) is 59.5 Å². The summed E-state index contributed by atoms with van der Waals surface area (Å²) >= 11 is 0. The summed E-state index contributed by atoms with van der Waals surface area (Å²) in [6, 6.07) is 14.9. The fourth-order valence-electron chi connectivity index (χ4n) is 6.38. The van der Waals surface area contributed by atoms with Crippen LogP contribution < -0.4 is 0 Å². The van der Waals surface area contributed by atoms with Crippen LogP contribution in [-0.4, -0.2) is 115 Å². The molecule has 3 atom stereocenters. The highest BCUT2D eigenvalue weighted by atomic mass is 16.8. The van der Waals surface area contributed by atoms with Crippen LogP contribution in [0, 0.1) is 35.5 Å². The zero-order valence-corrected chi connectivity index (χ0v) is 30.3.